The molecule has 1 aromatic carbocycles. The molecule has 0 radical (unpaired) electrons. The summed E-state index contributed by atoms with van der Waals surface area (Å²) < 4.78 is 18.7. The van der Waals surface area contributed by atoms with Gasteiger partial charge in [0.2, 0.25) is 0 Å². The van der Waals surface area contributed by atoms with Crippen molar-refractivity contribution in [2.24, 2.45) is 0 Å². The topological polar surface area (TPSA) is 9.23 Å². The minimum atomic E-state index is -0.196. The van der Waals surface area contributed by atoms with Crippen molar-refractivity contribution >= 4 is 0 Å². The van der Waals surface area contributed by atoms with Crippen molar-refractivity contribution in [3.63, 3.8) is 0 Å². The summed E-state index contributed by atoms with van der Waals surface area (Å²) in [6.45, 7) is 8.40. The Morgan fingerprint density at radius 2 is 2.00 bits per heavy atom. The van der Waals surface area contributed by atoms with E-state index in [-0.39, 0.29) is 5.82 Å². The zero-order valence-electron chi connectivity index (χ0n) is 9.23. The summed E-state index contributed by atoms with van der Waals surface area (Å²) in [6, 6.07) is 3.31. The van der Waals surface area contributed by atoms with E-state index in [9.17, 15) is 4.39 Å². The number of hydrogen-bond acceptors (Lipinski definition) is 1. The molecule has 78 valence electrons. The molecule has 0 N–H and O–H groups in total. The Balaban J connectivity index is 3.22. The number of ether oxygens (including phenoxy) is 1. The number of rotatable bonds is 3. The summed E-state index contributed by atoms with van der Waals surface area (Å²) in [5, 5.41) is 0. The predicted molar refractivity (Wildman–Crippen MR) is 56.4 cm³/mol. The lowest BCUT2D eigenvalue weighted by atomic mass is 9.99. The Kier molecular flexibility index (Phi) is 3.50. The van der Waals surface area contributed by atoms with E-state index in [1.807, 2.05) is 6.92 Å². The molecule has 1 aromatic rings. The normalized spacial score (nSPS) is 10.7. The first-order valence-corrected chi connectivity index (χ1v) is 4.99. The second-order valence-electron chi connectivity index (χ2n) is 3.68. The molecule has 0 aliphatic heterocycles. The van der Waals surface area contributed by atoms with Gasteiger partial charge < -0.3 is 4.74 Å². The van der Waals surface area contributed by atoms with Gasteiger partial charge in [0.1, 0.15) is 11.6 Å². The average molecular weight is 196 g/mol. The Labute approximate surface area is 84.9 Å². The highest BCUT2D eigenvalue weighted by molar-refractivity contribution is 5.43. The fraction of sp³-hybridized carbons (Fsp3) is 0.500. The molecule has 0 aliphatic carbocycles. The lowest BCUT2D eigenvalue weighted by Gasteiger charge is -2.15. The highest BCUT2D eigenvalue weighted by Gasteiger charge is 2.13. The van der Waals surface area contributed by atoms with Crippen molar-refractivity contribution in [1.29, 1.82) is 0 Å². The number of benzene rings is 1. The SMILES string of the molecule is CCOc1c(C(C)C)ccc(F)c1C. The zero-order chi connectivity index (χ0) is 10.7. The average Bonchev–Trinajstić information content (AvgIpc) is 2.13. The van der Waals surface area contributed by atoms with E-state index in [4.69, 9.17) is 4.74 Å². The van der Waals surface area contributed by atoms with Crippen molar-refractivity contribution in [2.75, 3.05) is 6.61 Å². The third kappa shape index (κ3) is 2.06. The van der Waals surface area contributed by atoms with Crippen LogP contribution in [0.4, 0.5) is 4.39 Å². The van der Waals surface area contributed by atoms with Gasteiger partial charge in [0.15, 0.2) is 0 Å². The van der Waals surface area contributed by atoms with E-state index in [2.05, 4.69) is 13.8 Å². The zero-order valence-corrected chi connectivity index (χ0v) is 9.23. The van der Waals surface area contributed by atoms with E-state index >= 15 is 0 Å². The Morgan fingerprint density at radius 3 is 2.50 bits per heavy atom. The van der Waals surface area contributed by atoms with Gasteiger partial charge in [-0.05, 0) is 31.4 Å². The smallest absolute Gasteiger partial charge is 0.129 e. The molecule has 0 spiro atoms. The van der Waals surface area contributed by atoms with Crippen molar-refractivity contribution in [1.82, 2.24) is 0 Å². The standard InChI is InChI=1S/C12H17FO/c1-5-14-12-9(4)11(13)7-6-10(12)8(2)3/h6-8H,5H2,1-4H3. The molecule has 0 bridgehead atoms. The van der Waals surface area contributed by atoms with Crippen LogP contribution >= 0.6 is 0 Å². The molecule has 1 nitrogen and oxygen atoms in total. The molecule has 0 unspecified atom stereocenters. The predicted octanol–water partition coefficient (Wildman–Crippen LogP) is 3.66. The summed E-state index contributed by atoms with van der Waals surface area (Å²) in [6.07, 6.45) is 0. The van der Waals surface area contributed by atoms with Crippen LogP contribution in [-0.2, 0) is 0 Å². The van der Waals surface area contributed by atoms with Crippen LogP contribution in [0.3, 0.4) is 0 Å². The molecular weight excluding hydrogens is 179 g/mol. The van der Waals surface area contributed by atoms with Gasteiger partial charge in [0.05, 0.1) is 6.61 Å². The summed E-state index contributed by atoms with van der Waals surface area (Å²) in [4.78, 5) is 0. The largest absolute Gasteiger partial charge is 0.493 e. The van der Waals surface area contributed by atoms with Crippen LogP contribution < -0.4 is 4.74 Å². The third-order valence-electron chi connectivity index (χ3n) is 2.28. The Morgan fingerprint density at radius 1 is 1.36 bits per heavy atom. The van der Waals surface area contributed by atoms with Gasteiger partial charge in [-0.15, -0.1) is 0 Å². The molecule has 0 heterocycles. The van der Waals surface area contributed by atoms with Gasteiger partial charge >= 0.3 is 0 Å². The van der Waals surface area contributed by atoms with Crippen LogP contribution in [0.5, 0.6) is 5.75 Å². The lowest BCUT2D eigenvalue weighted by molar-refractivity contribution is 0.330. The van der Waals surface area contributed by atoms with Crippen molar-refractivity contribution in [3.05, 3.63) is 29.1 Å². The van der Waals surface area contributed by atoms with E-state index < -0.39 is 0 Å². The lowest BCUT2D eigenvalue weighted by Crippen LogP contribution is -2.02. The molecule has 0 saturated carbocycles. The summed E-state index contributed by atoms with van der Waals surface area (Å²) in [5.74, 6) is 0.871. The maximum Gasteiger partial charge on any atom is 0.129 e. The van der Waals surface area contributed by atoms with Gasteiger partial charge in [-0.1, -0.05) is 19.9 Å². The molecule has 0 fully saturated rings. The molecule has 0 aromatic heterocycles. The minimum absolute atomic E-state index is 0.196. The monoisotopic (exact) mass is 196 g/mol. The Bertz CT molecular complexity index is 318. The van der Waals surface area contributed by atoms with Crippen LogP contribution in [0.15, 0.2) is 12.1 Å². The number of halogens is 1. The molecule has 0 amide bonds. The van der Waals surface area contributed by atoms with Gasteiger partial charge in [-0.2, -0.15) is 0 Å². The molecule has 14 heavy (non-hydrogen) atoms. The first kappa shape index (κ1) is 11.0. The first-order chi connectivity index (χ1) is 6.57. The molecule has 0 aliphatic rings. The fourth-order valence-electron chi connectivity index (χ4n) is 1.48. The van der Waals surface area contributed by atoms with E-state index in [0.29, 0.717) is 23.8 Å². The van der Waals surface area contributed by atoms with Crippen molar-refractivity contribution in [3.8, 4) is 5.75 Å². The second kappa shape index (κ2) is 4.45. The maximum absolute atomic E-state index is 13.3. The van der Waals surface area contributed by atoms with Crippen LogP contribution in [0.2, 0.25) is 0 Å². The summed E-state index contributed by atoms with van der Waals surface area (Å²) >= 11 is 0. The van der Waals surface area contributed by atoms with Gasteiger partial charge in [-0.25, -0.2) is 4.39 Å². The van der Waals surface area contributed by atoms with E-state index in [1.165, 1.54) is 6.07 Å². The van der Waals surface area contributed by atoms with Crippen molar-refractivity contribution in [2.45, 2.75) is 33.6 Å². The molecule has 2 heteroatoms. The molecule has 1 rings (SSSR count). The quantitative estimate of drug-likeness (QED) is 0.717. The van der Waals surface area contributed by atoms with Gasteiger partial charge in [0.25, 0.3) is 0 Å². The van der Waals surface area contributed by atoms with E-state index in [1.54, 1.807) is 13.0 Å². The highest BCUT2D eigenvalue weighted by Crippen LogP contribution is 2.31. The molecular formula is C12H17FO. The fourth-order valence-corrected chi connectivity index (χ4v) is 1.48. The minimum Gasteiger partial charge on any atom is -0.493 e. The molecule has 0 atom stereocenters. The Hall–Kier alpha value is -1.05. The van der Waals surface area contributed by atoms with Gasteiger partial charge in [-0.3, -0.25) is 0 Å². The highest BCUT2D eigenvalue weighted by atomic mass is 19.1. The summed E-state index contributed by atoms with van der Waals surface area (Å²) in [7, 11) is 0. The van der Waals surface area contributed by atoms with Crippen molar-refractivity contribution < 1.29 is 9.13 Å². The number of hydrogen-bond donors (Lipinski definition) is 0. The molecule has 0 saturated heterocycles. The first-order valence-electron chi connectivity index (χ1n) is 4.99. The maximum atomic E-state index is 13.3. The third-order valence-corrected chi connectivity index (χ3v) is 2.28. The van der Waals surface area contributed by atoms with Crippen LogP contribution in [-0.4, -0.2) is 6.61 Å². The van der Waals surface area contributed by atoms with Crippen LogP contribution in [0.1, 0.15) is 37.8 Å². The second-order valence-corrected chi connectivity index (χ2v) is 3.68. The van der Waals surface area contributed by atoms with Crippen LogP contribution in [0.25, 0.3) is 0 Å². The van der Waals surface area contributed by atoms with E-state index in [0.717, 1.165) is 5.56 Å². The van der Waals surface area contributed by atoms with Gasteiger partial charge in [0, 0.05) is 5.56 Å². The summed E-state index contributed by atoms with van der Waals surface area (Å²) in [5.41, 5.74) is 1.68. The van der Waals surface area contributed by atoms with Crippen LogP contribution in [0, 0.1) is 12.7 Å².